The molecule has 7 heteroatoms. The lowest BCUT2D eigenvalue weighted by Gasteiger charge is -2.05. The van der Waals surface area contributed by atoms with Gasteiger partial charge in [-0.25, -0.2) is 4.98 Å². The molecule has 3 nitrogen and oxygen atoms in total. The van der Waals surface area contributed by atoms with Crippen molar-refractivity contribution in [3.05, 3.63) is 34.5 Å². The quantitative estimate of drug-likeness (QED) is 0.937. The summed E-state index contributed by atoms with van der Waals surface area (Å²) in [4.78, 5) is 8.15. The Morgan fingerprint density at radius 3 is 2.60 bits per heavy atom. The van der Waals surface area contributed by atoms with Gasteiger partial charge in [0.05, 0.1) is 10.6 Å². The van der Waals surface area contributed by atoms with Gasteiger partial charge in [-0.05, 0) is 25.6 Å². The standard InChI is InChI=1S/C13H14F3N3S/c1-3-17-7-10-11(13(14,15)16)19-12(20-10)9-6-4-5-8(2)18-9/h4-6,17H,3,7H2,1-2H3. The maximum Gasteiger partial charge on any atom is 0.434 e. The highest BCUT2D eigenvalue weighted by molar-refractivity contribution is 7.15. The van der Waals surface area contributed by atoms with Gasteiger partial charge in [0.15, 0.2) is 5.69 Å². The first-order valence-electron chi connectivity index (χ1n) is 6.13. The molecule has 0 saturated carbocycles. The van der Waals surface area contributed by atoms with E-state index >= 15 is 0 Å². The summed E-state index contributed by atoms with van der Waals surface area (Å²) in [6, 6.07) is 5.22. The maximum absolute atomic E-state index is 13.0. The number of alkyl halides is 3. The first kappa shape index (κ1) is 14.9. The van der Waals surface area contributed by atoms with Gasteiger partial charge in [-0.3, -0.25) is 4.98 Å². The lowest BCUT2D eigenvalue weighted by Crippen LogP contribution is -2.15. The van der Waals surface area contributed by atoms with Crippen LogP contribution in [0.15, 0.2) is 18.2 Å². The third kappa shape index (κ3) is 3.34. The summed E-state index contributed by atoms with van der Waals surface area (Å²) in [6.45, 7) is 4.40. The van der Waals surface area contributed by atoms with Gasteiger partial charge in [0.1, 0.15) is 5.01 Å². The Kier molecular flexibility index (Phi) is 4.39. The third-order valence-electron chi connectivity index (χ3n) is 2.61. The van der Waals surface area contributed by atoms with Gasteiger partial charge in [-0.15, -0.1) is 11.3 Å². The summed E-state index contributed by atoms with van der Waals surface area (Å²) in [7, 11) is 0. The zero-order valence-corrected chi connectivity index (χ0v) is 11.9. The summed E-state index contributed by atoms with van der Waals surface area (Å²) < 4.78 is 38.9. The second-order valence-electron chi connectivity index (χ2n) is 4.23. The van der Waals surface area contributed by atoms with E-state index < -0.39 is 11.9 Å². The Hall–Kier alpha value is -1.47. The van der Waals surface area contributed by atoms with Crippen molar-refractivity contribution in [2.24, 2.45) is 0 Å². The van der Waals surface area contributed by atoms with Crippen LogP contribution in [0.5, 0.6) is 0 Å². The van der Waals surface area contributed by atoms with Crippen LogP contribution in [0.1, 0.15) is 23.2 Å². The van der Waals surface area contributed by atoms with Crippen molar-refractivity contribution < 1.29 is 13.2 Å². The van der Waals surface area contributed by atoms with Gasteiger partial charge in [0, 0.05) is 12.2 Å². The van der Waals surface area contributed by atoms with E-state index in [2.05, 4.69) is 15.3 Å². The van der Waals surface area contributed by atoms with Gasteiger partial charge in [-0.2, -0.15) is 13.2 Å². The number of rotatable bonds is 4. The Morgan fingerprint density at radius 1 is 1.25 bits per heavy atom. The first-order chi connectivity index (χ1) is 9.41. The van der Waals surface area contributed by atoms with E-state index in [1.165, 1.54) is 0 Å². The van der Waals surface area contributed by atoms with E-state index in [1.807, 2.05) is 6.92 Å². The largest absolute Gasteiger partial charge is 0.434 e. The molecule has 0 aliphatic heterocycles. The molecule has 0 radical (unpaired) electrons. The zero-order valence-electron chi connectivity index (χ0n) is 11.1. The topological polar surface area (TPSA) is 37.8 Å². The molecule has 1 N–H and O–H groups in total. The van der Waals surface area contributed by atoms with Gasteiger partial charge in [0.25, 0.3) is 0 Å². The number of thiazole rings is 1. The van der Waals surface area contributed by atoms with Gasteiger partial charge in [-0.1, -0.05) is 13.0 Å². The molecule has 0 bridgehead atoms. The van der Waals surface area contributed by atoms with Crippen LogP contribution in [-0.4, -0.2) is 16.5 Å². The number of nitrogens with one attached hydrogen (secondary N) is 1. The molecule has 0 aliphatic carbocycles. The Morgan fingerprint density at radius 2 is 2.00 bits per heavy atom. The summed E-state index contributed by atoms with van der Waals surface area (Å²) >= 11 is 1.03. The predicted octanol–water partition coefficient (Wildman–Crippen LogP) is 3.64. The van der Waals surface area contributed by atoms with Crippen LogP contribution in [-0.2, 0) is 12.7 Å². The summed E-state index contributed by atoms with van der Waals surface area (Å²) in [5.41, 5.74) is 0.407. The average Bonchev–Trinajstić information content (AvgIpc) is 2.80. The fraction of sp³-hybridized carbons (Fsp3) is 0.385. The van der Waals surface area contributed by atoms with Gasteiger partial charge < -0.3 is 5.32 Å². The summed E-state index contributed by atoms with van der Waals surface area (Å²) in [5, 5.41) is 3.20. The summed E-state index contributed by atoms with van der Waals surface area (Å²) in [6.07, 6.45) is -4.44. The normalized spacial score (nSPS) is 11.8. The van der Waals surface area contributed by atoms with Crippen LogP contribution >= 0.6 is 11.3 Å². The first-order valence-corrected chi connectivity index (χ1v) is 6.95. The van der Waals surface area contributed by atoms with E-state index in [0.717, 1.165) is 17.0 Å². The van der Waals surface area contributed by atoms with Gasteiger partial charge in [0.2, 0.25) is 0 Å². The SMILES string of the molecule is CCNCc1sc(-c2cccc(C)n2)nc1C(F)(F)F. The smallest absolute Gasteiger partial charge is 0.312 e. The van der Waals surface area contributed by atoms with Crippen LogP contribution in [0.4, 0.5) is 13.2 Å². The molecular formula is C13H14F3N3S. The van der Waals surface area contributed by atoms with E-state index in [-0.39, 0.29) is 11.4 Å². The highest BCUT2D eigenvalue weighted by Gasteiger charge is 2.37. The number of nitrogens with zero attached hydrogens (tertiary/aromatic N) is 2. The Labute approximate surface area is 118 Å². The van der Waals surface area contributed by atoms with E-state index in [9.17, 15) is 13.2 Å². The molecule has 2 heterocycles. The molecule has 0 aromatic carbocycles. The summed E-state index contributed by atoms with van der Waals surface area (Å²) in [5.74, 6) is 0. The molecule has 0 saturated heterocycles. The minimum absolute atomic E-state index is 0.162. The van der Waals surface area contributed by atoms with Crippen LogP contribution in [0.2, 0.25) is 0 Å². The van der Waals surface area contributed by atoms with Crippen molar-refractivity contribution in [3.63, 3.8) is 0 Å². The molecule has 2 aromatic heterocycles. The highest BCUT2D eigenvalue weighted by atomic mass is 32.1. The maximum atomic E-state index is 13.0. The number of hydrogen-bond acceptors (Lipinski definition) is 4. The van der Waals surface area contributed by atoms with Crippen molar-refractivity contribution in [3.8, 4) is 10.7 Å². The number of halogens is 3. The molecule has 0 spiro atoms. The number of pyridine rings is 1. The number of aromatic nitrogens is 2. The van der Waals surface area contributed by atoms with Crippen molar-refractivity contribution in [2.75, 3.05) is 6.54 Å². The molecule has 2 rings (SSSR count). The fourth-order valence-corrected chi connectivity index (χ4v) is 2.72. The van der Waals surface area contributed by atoms with Crippen molar-refractivity contribution in [1.29, 1.82) is 0 Å². The van der Waals surface area contributed by atoms with E-state index in [1.54, 1.807) is 25.1 Å². The lowest BCUT2D eigenvalue weighted by molar-refractivity contribution is -0.141. The Bertz CT molecular complexity index is 593. The number of hydrogen-bond donors (Lipinski definition) is 1. The van der Waals surface area contributed by atoms with Crippen molar-refractivity contribution >= 4 is 11.3 Å². The fourth-order valence-electron chi connectivity index (χ4n) is 1.70. The van der Waals surface area contributed by atoms with Crippen LogP contribution in [0.25, 0.3) is 10.7 Å². The molecular weight excluding hydrogens is 287 g/mol. The lowest BCUT2D eigenvalue weighted by atomic mass is 10.3. The molecule has 0 amide bonds. The predicted molar refractivity (Wildman–Crippen MR) is 72.5 cm³/mol. The molecule has 0 atom stereocenters. The second-order valence-corrected chi connectivity index (χ2v) is 5.32. The van der Waals surface area contributed by atoms with Gasteiger partial charge >= 0.3 is 6.18 Å². The Balaban J connectivity index is 2.43. The van der Waals surface area contributed by atoms with E-state index in [0.29, 0.717) is 17.2 Å². The van der Waals surface area contributed by atoms with Crippen molar-refractivity contribution in [1.82, 2.24) is 15.3 Å². The molecule has 0 aliphatic rings. The molecule has 2 aromatic rings. The number of aryl methyl sites for hydroxylation is 1. The van der Waals surface area contributed by atoms with Crippen LogP contribution in [0, 0.1) is 6.92 Å². The minimum Gasteiger partial charge on any atom is -0.312 e. The molecule has 20 heavy (non-hydrogen) atoms. The van der Waals surface area contributed by atoms with Crippen molar-refractivity contribution in [2.45, 2.75) is 26.6 Å². The minimum atomic E-state index is -4.44. The zero-order chi connectivity index (χ0) is 14.8. The second kappa shape index (κ2) is 5.88. The third-order valence-corrected chi connectivity index (χ3v) is 3.69. The van der Waals surface area contributed by atoms with Crippen LogP contribution < -0.4 is 5.32 Å². The van der Waals surface area contributed by atoms with Crippen LogP contribution in [0.3, 0.4) is 0 Å². The molecule has 0 unspecified atom stereocenters. The average molecular weight is 301 g/mol. The molecule has 0 fully saturated rings. The van der Waals surface area contributed by atoms with E-state index in [4.69, 9.17) is 0 Å². The monoisotopic (exact) mass is 301 g/mol. The molecule has 108 valence electrons. The highest BCUT2D eigenvalue weighted by Crippen LogP contribution is 2.37.